The van der Waals surface area contributed by atoms with Crippen molar-refractivity contribution in [2.45, 2.75) is 59.0 Å². The van der Waals surface area contributed by atoms with Crippen LogP contribution >= 0.6 is 0 Å². The molecule has 0 spiro atoms. The molecule has 0 saturated heterocycles. The standard InChI is InChI=1S/C17H19NO2.C9H16N4/c1-3-14-10-16(17(19-2)11-18-14)20-15-8-12-6-4-5-7-13(12)9-15;1-3-4-5-11-8-7(2)6-12-9(10)13-8/h4-7,10-11,15H,3,8-9H2,1-2H3;6H,3-5H2,1-2H3,(H3,10,11,12,13). The Morgan fingerprint density at radius 2 is 1.79 bits per heavy atom. The number of nitrogens with zero attached hydrogens (tertiary/aromatic N) is 3. The summed E-state index contributed by atoms with van der Waals surface area (Å²) in [4.78, 5) is 12.3. The van der Waals surface area contributed by atoms with Crippen molar-refractivity contribution in [3.05, 3.63) is 65.1 Å². The fourth-order valence-electron chi connectivity index (χ4n) is 3.70. The van der Waals surface area contributed by atoms with Gasteiger partial charge < -0.3 is 20.5 Å². The van der Waals surface area contributed by atoms with Crippen LogP contribution < -0.4 is 20.5 Å². The maximum absolute atomic E-state index is 6.16. The van der Waals surface area contributed by atoms with Gasteiger partial charge >= 0.3 is 0 Å². The number of methoxy groups -OCH3 is 1. The number of nitrogen functional groups attached to an aromatic ring is 1. The third kappa shape index (κ3) is 6.81. The van der Waals surface area contributed by atoms with Crippen LogP contribution in [0.1, 0.15) is 49.1 Å². The number of pyridine rings is 1. The van der Waals surface area contributed by atoms with E-state index in [0.29, 0.717) is 11.7 Å². The zero-order valence-electron chi connectivity index (χ0n) is 20.1. The Bertz CT molecular complexity index is 1020. The summed E-state index contributed by atoms with van der Waals surface area (Å²) in [5, 5.41) is 3.22. The van der Waals surface area contributed by atoms with E-state index in [1.165, 1.54) is 17.5 Å². The van der Waals surface area contributed by atoms with Crippen molar-refractivity contribution in [2.24, 2.45) is 0 Å². The van der Waals surface area contributed by atoms with Gasteiger partial charge in [-0.2, -0.15) is 4.98 Å². The second-order valence-corrected chi connectivity index (χ2v) is 8.14. The first-order chi connectivity index (χ1) is 16.0. The predicted molar refractivity (Wildman–Crippen MR) is 133 cm³/mol. The van der Waals surface area contributed by atoms with E-state index in [2.05, 4.69) is 58.4 Å². The molecule has 3 aromatic rings. The maximum Gasteiger partial charge on any atom is 0.221 e. The van der Waals surface area contributed by atoms with Gasteiger partial charge in [0.1, 0.15) is 11.9 Å². The van der Waals surface area contributed by atoms with Gasteiger partial charge in [0.2, 0.25) is 5.95 Å². The first-order valence-corrected chi connectivity index (χ1v) is 11.6. The normalized spacial score (nSPS) is 12.5. The number of nitrogens with one attached hydrogen (secondary N) is 1. The van der Waals surface area contributed by atoms with Gasteiger partial charge in [0, 0.05) is 42.9 Å². The number of anilines is 2. The molecular formula is C26H35N5O2. The van der Waals surface area contributed by atoms with Crippen molar-refractivity contribution >= 4 is 11.8 Å². The Hall–Kier alpha value is -3.35. The molecule has 0 bridgehead atoms. The lowest BCUT2D eigenvalue weighted by Gasteiger charge is -2.16. The molecule has 3 N–H and O–H groups in total. The Labute approximate surface area is 196 Å². The highest BCUT2D eigenvalue weighted by molar-refractivity contribution is 5.45. The molecule has 7 heteroatoms. The summed E-state index contributed by atoms with van der Waals surface area (Å²) < 4.78 is 11.5. The van der Waals surface area contributed by atoms with E-state index in [-0.39, 0.29) is 6.10 Å². The topological polar surface area (TPSA) is 95.2 Å². The number of aromatic nitrogens is 3. The van der Waals surface area contributed by atoms with Gasteiger partial charge in [-0.3, -0.25) is 4.98 Å². The van der Waals surface area contributed by atoms with E-state index >= 15 is 0 Å². The minimum Gasteiger partial charge on any atom is -0.491 e. The van der Waals surface area contributed by atoms with E-state index in [9.17, 15) is 0 Å². The number of hydrogen-bond acceptors (Lipinski definition) is 7. The molecule has 0 aliphatic heterocycles. The van der Waals surface area contributed by atoms with Crippen molar-refractivity contribution in [1.29, 1.82) is 0 Å². The Morgan fingerprint density at radius 1 is 1.06 bits per heavy atom. The molecule has 2 heterocycles. The molecule has 176 valence electrons. The van der Waals surface area contributed by atoms with Crippen LogP contribution in [0.15, 0.2) is 42.7 Å². The lowest BCUT2D eigenvalue weighted by molar-refractivity contribution is 0.203. The van der Waals surface area contributed by atoms with Crippen LogP contribution in [0.3, 0.4) is 0 Å². The Balaban J connectivity index is 0.000000205. The largest absolute Gasteiger partial charge is 0.491 e. The molecule has 0 radical (unpaired) electrons. The molecule has 7 nitrogen and oxygen atoms in total. The second-order valence-electron chi connectivity index (χ2n) is 8.14. The average molecular weight is 450 g/mol. The number of rotatable bonds is 8. The van der Waals surface area contributed by atoms with Crippen LogP contribution in [0.4, 0.5) is 11.8 Å². The number of ether oxygens (including phenoxy) is 2. The van der Waals surface area contributed by atoms with Crippen LogP contribution in [0.5, 0.6) is 11.5 Å². The number of hydrogen-bond donors (Lipinski definition) is 2. The first-order valence-electron chi connectivity index (χ1n) is 11.6. The molecule has 1 aliphatic rings. The molecule has 1 aliphatic carbocycles. The number of fused-ring (bicyclic) bond motifs is 1. The van der Waals surface area contributed by atoms with Crippen molar-refractivity contribution in [3.8, 4) is 11.5 Å². The number of unbranched alkanes of at least 4 members (excludes halogenated alkanes) is 1. The third-order valence-electron chi connectivity index (χ3n) is 5.59. The molecule has 0 unspecified atom stereocenters. The van der Waals surface area contributed by atoms with Gasteiger partial charge in [-0.1, -0.05) is 44.5 Å². The van der Waals surface area contributed by atoms with Crippen LogP contribution in [0.25, 0.3) is 0 Å². The lowest BCUT2D eigenvalue weighted by Crippen LogP contribution is -2.17. The fraction of sp³-hybridized carbons (Fsp3) is 0.423. The van der Waals surface area contributed by atoms with Gasteiger partial charge in [0.15, 0.2) is 11.5 Å². The Morgan fingerprint density at radius 3 is 2.42 bits per heavy atom. The van der Waals surface area contributed by atoms with Crippen LogP contribution in [-0.2, 0) is 19.3 Å². The van der Waals surface area contributed by atoms with Crippen molar-refractivity contribution in [1.82, 2.24) is 15.0 Å². The monoisotopic (exact) mass is 449 g/mol. The van der Waals surface area contributed by atoms with Crippen LogP contribution in [0.2, 0.25) is 0 Å². The molecular weight excluding hydrogens is 414 g/mol. The van der Waals surface area contributed by atoms with Gasteiger partial charge in [-0.25, -0.2) is 4.98 Å². The van der Waals surface area contributed by atoms with Gasteiger partial charge in [0.25, 0.3) is 0 Å². The summed E-state index contributed by atoms with van der Waals surface area (Å²) in [5.74, 6) is 2.68. The van der Waals surface area contributed by atoms with E-state index in [1.54, 1.807) is 19.5 Å². The summed E-state index contributed by atoms with van der Waals surface area (Å²) >= 11 is 0. The van der Waals surface area contributed by atoms with Crippen molar-refractivity contribution in [2.75, 3.05) is 24.7 Å². The highest BCUT2D eigenvalue weighted by Crippen LogP contribution is 2.31. The van der Waals surface area contributed by atoms with Gasteiger partial charge in [-0.05, 0) is 30.9 Å². The SMILES string of the molecule is CCCCNc1nc(N)ncc1C.CCc1cc(OC2Cc3ccccc3C2)c(OC)cn1. The minimum atomic E-state index is 0.188. The maximum atomic E-state index is 6.16. The molecule has 0 atom stereocenters. The number of benzene rings is 1. The molecule has 33 heavy (non-hydrogen) atoms. The average Bonchev–Trinajstić information content (AvgIpc) is 3.24. The number of aryl methyl sites for hydroxylation is 2. The number of nitrogens with two attached hydrogens (primary N) is 1. The minimum absolute atomic E-state index is 0.188. The van der Waals surface area contributed by atoms with Crippen LogP contribution in [-0.4, -0.2) is 34.7 Å². The van der Waals surface area contributed by atoms with E-state index < -0.39 is 0 Å². The van der Waals surface area contributed by atoms with Crippen molar-refractivity contribution in [3.63, 3.8) is 0 Å². The van der Waals surface area contributed by atoms with E-state index in [0.717, 1.165) is 55.1 Å². The quantitative estimate of drug-likeness (QED) is 0.478. The molecule has 4 rings (SSSR count). The van der Waals surface area contributed by atoms with Crippen molar-refractivity contribution < 1.29 is 9.47 Å². The molecule has 0 fully saturated rings. The lowest BCUT2D eigenvalue weighted by atomic mass is 10.1. The van der Waals surface area contributed by atoms with E-state index in [4.69, 9.17) is 15.2 Å². The second kappa shape index (κ2) is 12.0. The predicted octanol–water partition coefficient (Wildman–Crippen LogP) is 4.78. The summed E-state index contributed by atoms with van der Waals surface area (Å²) in [5.41, 5.74) is 10.3. The smallest absolute Gasteiger partial charge is 0.221 e. The molecule has 0 saturated carbocycles. The first kappa shape index (κ1) is 24.3. The van der Waals surface area contributed by atoms with E-state index in [1.807, 2.05) is 13.0 Å². The van der Waals surface area contributed by atoms with Gasteiger partial charge in [0.05, 0.1) is 13.3 Å². The zero-order chi connectivity index (χ0) is 23.6. The van der Waals surface area contributed by atoms with Gasteiger partial charge in [-0.15, -0.1) is 0 Å². The van der Waals surface area contributed by atoms with Crippen LogP contribution in [0, 0.1) is 6.92 Å². The fourth-order valence-corrected chi connectivity index (χ4v) is 3.70. The summed E-state index contributed by atoms with van der Waals surface area (Å²) in [6.07, 6.45) is 8.80. The molecule has 1 aromatic carbocycles. The molecule has 0 amide bonds. The zero-order valence-corrected chi connectivity index (χ0v) is 20.1. The highest BCUT2D eigenvalue weighted by atomic mass is 16.5. The summed E-state index contributed by atoms with van der Waals surface area (Å²) in [7, 11) is 1.65. The molecule has 2 aromatic heterocycles. The highest BCUT2D eigenvalue weighted by Gasteiger charge is 2.23. The third-order valence-corrected chi connectivity index (χ3v) is 5.59. The Kier molecular flexibility index (Phi) is 8.87. The summed E-state index contributed by atoms with van der Waals surface area (Å²) in [6.45, 7) is 7.15. The summed E-state index contributed by atoms with van der Waals surface area (Å²) in [6, 6.07) is 10.5.